The van der Waals surface area contributed by atoms with Crippen molar-refractivity contribution in [1.82, 2.24) is 5.32 Å². The van der Waals surface area contributed by atoms with Gasteiger partial charge in [0.05, 0.1) is 5.41 Å². The Labute approximate surface area is 132 Å². The van der Waals surface area contributed by atoms with Crippen LogP contribution in [0.15, 0.2) is 0 Å². The van der Waals surface area contributed by atoms with Crippen LogP contribution in [0.25, 0.3) is 0 Å². The van der Waals surface area contributed by atoms with E-state index in [-0.39, 0.29) is 11.3 Å². The zero-order chi connectivity index (χ0) is 15.5. The summed E-state index contributed by atoms with van der Waals surface area (Å²) in [6.45, 7) is 2.36. The molecule has 4 aliphatic rings. The van der Waals surface area contributed by atoms with Crippen molar-refractivity contribution < 1.29 is 14.7 Å². The Hall–Kier alpha value is -1.06. The average Bonchev–Trinajstić information content (AvgIpc) is 2.93. The fourth-order valence-corrected chi connectivity index (χ4v) is 6.73. The minimum atomic E-state index is -0.544. The normalized spacial score (nSPS) is 50.5. The lowest BCUT2D eigenvalue weighted by Crippen LogP contribution is -2.61. The second-order valence-corrected chi connectivity index (χ2v) is 8.47. The van der Waals surface area contributed by atoms with Crippen LogP contribution in [0.2, 0.25) is 0 Å². The zero-order valence-electron chi connectivity index (χ0n) is 13.4. The minimum absolute atomic E-state index is 0.185. The van der Waals surface area contributed by atoms with Crippen LogP contribution in [0.5, 0.6) is 0 Å². The molecular formula is C18H27NO3. The van der Waals surface area contributed by atoms with Crippen LogP contribution in [0, 0.1) is 28.6 Å². The van der Waals surface area contributed by atoms with E-state index in [2.05, 4.69) is 12.2 Å². The maximum absolute atomic E-state index is 12.0. The van der Waals surface area contributed by atoms with Crippen LogP contribution in [-0.2, 0) is 9.59 Å². The molecule has 22 heavy (non-hydrogen) atoms. The maximum Gasteiger partial charge on any atom is 0.309 e. The Bertz CT molecular complexity index is 518. The van der Waals surface area contributed by atoms with Gasteiger partial charge in [-0.05, 0) is 68.1 Å². The van der Waals surface area contributed by atoms with E-state index in [0.717, 1.165) is 51.4 Å². The van der Waals surface area contributed by atoms with Crippen molar-refractivity contribution in [3.8, 4) is 0 Å². The summed E-state index contributed by atoms with van der Waals surface area (Å²) < 4.78 is 0. The van der Waals surface area contributed by atoms with Crippen molar-refractivity contribution in [3.63, 3.8) is 0 Å². The van der Waals surface area contributed by atoms with E-state index >= 15 is 0 Å². The third-order valence-corrected chi connectivity index (χ3v) is 7.87. The molecule has 0 aromatic rings. The number of nitrogens with one attached hydrogen (secondary N) is 1. The van der Waals surface area contributed by atoms with Crippen LogP contribution >= 0.6 is 0 Å². The molecule has 4 rings (SSSR count). The van der Waals surface area contributed by atoms with E-state index in [9.17, 15) is 14.7 Å². The van der Waals surface area contributed by atoms with E-state index in [0.29, 0.717) is 30.2 Å². The summed E-state index contributed by atoms with van der Waals surface area (Å²) in [6, 6.07) is 0.314. The molecule has 0 radical (unpaired) electrons. The molecule has 0 spiro atoms. The molecular weight excluding hydrogens is 278 g/mol. The van der Waals surface area contributed by atoms with Crippen molar-refractivity contribution in [2.24, 2.45) is 28.6 Å². The molecule has 0 aromatic carbocycles. The predicted octanol–water partition coefficient (Wildman–Crippen LogP) is 2.96. The second-order valence-electron chi connectivity index (χ2n) is 8.47. The van der Waals surface area contributed by atoms with Gasteiger partial charge in [-0.25, -0.2) is 0 Å². The summed E-state index contributed by atoms with van der Waals surface area (Å²) in [5.74, 6) is 1.19. The van der Waals surface area contributed by atoms with Crippen LogP contribution in [0.3, 0.4) is 0 Å². The molecule has 1 heterocycles. The van der Waals surface area contributed by atoms with Crippen molar-refractivity contribution >= 4 is 11.9 Å². The number of carbonyl (C=O) groups excluding carboxylic acids is 1. The number of rotatable bonds is 1. The minimum Gasteiger partial charge on any atom is -0.481 e. The molecule has 1 aliphatic heterocycles. The van der Waals surface area contributed by atoms with Gasteiger partial charge in [-0.1, -0.05) is 13.3 Å². The fraction of sp³-hybridized carbons (Fsp3) is 0.889. The molecule has 1 saturated heterocycles. The van der Waals surface area contributed by atoms with Crippen LogP contribution < -0.4 is 5.32 Å². The highest BCUT2D eigenvalue weighted by Crippen LogP contribution is 2.64. The highest BCUT2D eigenvalue weighted by atomic mass is 16.4. The zero-order valence-corrected chi connectivity index (χ0v) is 13.4. The van der Waals surface area contributed by atoms with E-state index in [1.807, 2.05) is 0 Å². The van der Waals surface area contributed by atoms with Gasteiger partial charge < -0.3 is 10.4 Å². The molecule has 1 amide bonds. The lowest BCUT2D eigenvalue weighted by Gasteiger charge is -2.59. The monoisotopic (exact) mass is 305 g/mol. The molecule has 0 bridgehead atoms. The Morgan fingerprint density at radius 1 is 1.14 bits per heavy atom. The standard InChI is InChI=1S/C18H27NO3/c1-17-9-7-15(20)19-14(17)5-4-11-12(17)6-10-18(16(21)22)8-2-3-13(11)18/h11-14H,2-10H2,1H3,(H,19,20)(H,21,22). The Morgan fingerprint density at radius 3 is 2.73 bits per heavy atom. The first kappa shape index (κ1) is 14.5. The number of piperidine rings is 1. The molecule has 3 saturated carbocycles. The van der Waals surface area contributed by atoms with Crippen molar-refractivity contribution in [1.29, 1.82) is 0 Å². The van der Waals surface area contributed by atoms with Crippen LogP contribution in [-0.4, -0.2) is 23.0 Å². The molecule has 3 aliphatic carbocycles. The number of aliphatic carboxylic acids is 1. The average molecular weight is 305 g/mol. The van der Waals surface area contributed by atoms with E-state index in [4.69, 9.17) is 0 Å². The molecule has 6 atom stereocenters. The largest absolute Gasteiger partial charge is 0.481 e. The summed E-state index contributed by atoms with van der Waals surface area (Å²) >= 11 is 0. The van der Waals surface area contributed by atoms with E-state index < -0.39 is 11.4 Å². The van der Waals surface area contributed by atoms with Gasteiger partial charge in [0.15, 0.2) is 0 Å². The quantitative estimate of drug-likeness (QED) is 0.782. The van der Waals surface area contributed by atoms with Gasteiger partial charge in [0, 0.05) is 12.5 Å². The number of hydrogen-bond acceptors (Lipinski definition) is 2. The Morgan fingerprint density at radius 2 is 1.95 bits per heavy atom. The fourth-order valence-electron chi connectivity index (χ4n) is 6.73. The smallest absolute Gasteiger partial charge is 0.309 e. The lowest BCUT2D eigenvalue weighted by molar-refractivity contribution is -0.164. The summed E-state index contributed by atoms with van der Waals surface area (Å²) in [7, 11) is 0. The summed E-state index contributed by atoms with van der Waals surface area (Å²) in [6.07, 6.45) is 8.72. The van der Waals surface area contributed by atoms with E-state index in [1.165, 1.54) is 0 Å². The SMILES string of the molecule is CC12CCC(=O)NC1CCC1C3CCCC3(C(=O)O)CCC12. The van der Waals surface area contributed by atoms with E-state index in [1.54, 1.807) is 0 Å². The first-order valence-electron chi connectivity index (χ1n) is 9.00. The van der Waals surface area contributed by atoms with Gasteiger partial charge in [0.25, 0.3) is 0 Å². The third kappa shape index (κ3) is 1.75. The lowest BCUT2D eigenvalue weighted by atomic mass is 9.47. The molecule has 2 N–H and O–H groups in total. The Balaban J connectivity index is 1.65. The maximum atomic E-state index is 12.0. The Kier molecular flexibility index (Phi) is 3.11. The van der Waals surface area contributed by atoms with Gasteiger partial charge in [-0.15, -0.1) is 0 Å². The van der Waals surface area contributed by atoms with Crippen molar-refractivity contribution in [2.75, 3.05) is 0 Å². The number of amides is 1. The first-order chi connectivity index (χ1) is 10.5. The summed E-state index contributed by atoms with van der Waals surface area (Å²) in [5, 5.41) is 13.1. The molecule has 4 fully saturated rings. The van der Waals surface area contributed by atoms with Crippen LogP contribution in [0.4, 0.5) is 0 Å². The van der Waals surface area contributed by atoms with Crippen molar-refractivity contribution in [3.05, 3.63) is 0 Å². The predicted molar refractivity (Wildman–Crippen MR) is 82.1 cm³/mol. The number of carbonyl (C=O) groups is 2. The summed E-state index contributed by atoms with van der Waals surface area (Å²) in [4.78, 5) is 23.7. The van der Waals surface area contributed by atoms with Gasteiger partial charge in [0.2, 0.25) is 5.91 Å². The molecule has 122 valence electrons. The number of hydrogen-bond donors (Lipinski definition) is 2. The number of fused-ring (bicyclic) bond motifs is 5. The number of carboxylic acid groups (broad SMARTS) is 1. The molecule has 6 unspecified atom stereocenters. The van der Waals surface area contributed by atoms with Gasteiger partial charge in [-0.3, -0.25) is 9.59 Å². The highest BCUT2D eigenvalue weighted by Gasteiger charge is 2.61. The second kappa shape index (κ2) is 4.72. The van der Waals surface area contributed by atoms with Gasteiger partial charge in [0.1, 0.15) is 0 Å². The van der Waals surface area contributed by atoms with Crippen molar-refractivity contribution in [2.45, 2.75) is 70.8 Å². The topological polar surface area (TPSA) is 66.4 Å². The van der Waals surface area contributed by atoms with Gasteiger partial charge >= 0.3 is 5.97 Å². The number of carboxylic acids is 1. The molecule has 4 nitrogen and oxygen atoms in total. The summed E-state index contributed by atoms with van der Waals surface area (Å²) in [5.41, 5.74) is -0.244. The molecule has 0 aromatic heterocycles. The van der Waals surface area contributed by atoms with Gasteiger partial charge in [-0.2, -0.15) is 0 Å². The highest BCUT2D eigenvalue weighted by molar-refractivity contribution is 5.77. The molecule has 4 heteroatoms. The first-order valence-corrected chi connectivity index (χ1v) is 9.00. The van der Waals surface area contributed by atoms with Crippen LogP contribution in [0.1, 0.15) is 64.7 Å². The third-order valence-electron chi connectivity index (χ3n) is 7.87.